The number of rotatable bonds is 10. The first-order valence-corrected chi connectivity index (χ1v) is 11.0. The van der Waals surface area contributed by atoms with Crippen molar-refractivity contribution in [3.8, 4) is 11.1 Å². The fourth-order valence-electron chi connectivity index (χ4n) is 4.13. The zero-order valence-electron chi connectivity index (χ0n) is 19.0. The Morgan fingerprint density at radius 1 is 1.06 bits per heavy atom. The number of fused-ring (bicyclic) bond motifs is 3. The van der Waals surface area contributed by atoms with Crippen LogP contribution < -0.4 is 10.6 Å². The Hall–Kier alpha value is -3.12. The molecule has 0 fully saturated rings. The molecule has 1 unspecified atom stereocenters. The standard InChI is InChI=1S/C26H32N2O4/c1-5-18(15-27-24(14-17(2)3)25(29)31-4)28-26(30)32-16-23-21-12-8-6-10-19(21)20-11-7-9-13-22(20)23/h5-13,17-18,23-24,27H,1,14-16H2,2-4H3,(H,28,30)/t18-,24?/m0/s1. The molecule has 1 aliphatic rings. The van der Waals surface area contributed by atoms with Crippen LogP contribution in [-0.4, -0.2) is 44.4 Å². The van der Waals surface area contributed by atoms with E-state index in [1.807, 2.05) is 38.1 Å². The van der Waals surface area contributed by atoms with Crippen LogP contribution in [0.3, 0.4) is 0 Å². The van der Waals surface area contributed by atoms with Crippen LogP contribution in [-0.2, 0) is 14.3 Å². The van der Waals surface area contributed by atoms with Gasteiger partial charge in [0.15, 0.2) is 0 Å². The van der Waals surface area contributed by atoms with E-state index in [-0.39, 0.29) is 24.5 Å². The Balaban J connectivity index is 1.57. The van der Waals surface area contributed by atoms with Gasteiger partial charge >= 0.3 is 12.1 Å². The predicted octanol–water partition coefficient (Wildman–Crippen LogP) is 4.26. The molecule has 1 aliphatic carbocycles. The lowest BCUT2D eigenvalue weighted by Crippen LogP contribution is -2.47. The highest BCUT2D eigenvalue weighted by Gasteiger charge is 2.29. The average Bonchev–Trinajstić information content (AvgIpc) is 3.12. The van der Waals surface area contributed by atoms with Crippen LogP contribution in [0, 0.1) is 5.92 Å². The molecule has 0 radical (unpaired) electrons. The third kappa shape index (κ3) is 5.56. The lowest BCUT2D eigenvalue weighted by molar-refractivity contribution is -0.143. The van der Waals surface area contributed by atoms with Crippen molar-refractivity contribution >= 4 is 12.1 Å². The normalized spacial score (nSPS) is 14.2. The second kappa shape index (κ2) is 11.0. The third-order valence-corrected chi connectivity index (χ3v) is 5.71. The van der Waals surface area contributed by atoms with Crippen LogP contribution in [0.1, 0.15) is 37.3 Å². The number of methoxy groups -OCH3 is 1. The molecule has 0 bridgehead atoms. The van der Waals surface area contributed by atoms with Crippen LogP contribution in [0.4, 0.5) is 4.79 Å². The van der Waals surface area contributed by atoms with E-state index >= 15 is 0 Å². The van der Waals surface area contributed by atoms with Crippen molar-refractivity contribution in [3.63, 3.8) is 0 Å². The highest BCUT2D eigenvalue weighted by Crippen LogP contribution is 2.44. The summed E-state index contributed by atoms with van der Waals surface area (Å²) >= 11 is 0. The molecular formula is C26H32N2O4. The molecule has 3 rings (SSSR count). The molecule has 2 N–H and O–H groups in total. The van der Waals surface area contributed by atoms with Gasteiger partial charge in [0.25, 0.3) is 0 Å². The van der Waals surface area contributed by atoms with Gasteiger partial charge in [-0.1, -0.05) is 68.5 Å². The second-order valence-corrected chi connectivity index (χ2v) is 8.43. The van der Waals surface area contributed by atoms with Gasteiger partial charge in [0.1, 0.15) is 12.6 Å². The quantitative estimate of drug-likeness (QED) is 0.430. The lowest BCUT2D eigenvalue weighted by Gasteiger charge is -2.22. The van der Waals surface area contributed by atoms with Crippen molar-refractivity contribution in [2.75, 3.05) is 20.3 Å². The summed E-state index contributed by atoms with van der Waals surface area (Å²) in [6.45, 7) is 8.46. The monoisotopic (exact) mass is 436 g/mol. The smallest absolute Gasteiger partial charge is 0.407 e. The molecule has 2 aromatic carbocycles. The Morgan fingerprint density at radius 2 is 1.66 bits per heavy atom. The molecular weight excluding hydrogens is 404 g/mol. The van der Waals surface area contributed by atoms with Crippen LogP contribution in [0.15, 0.2) is 61.2 Å². The summed E-state index contributed by atoms with van der Waals surface area (Å²) < 4.78 is 10.5. The van der Waals surface area contributed by atoms with Crippen LogP contribution in [0.25, 0.3) is 11.1 Å². The zero-order chi connectivity index (χ0) is 23.1. The maximum Gasteiger partial charge on any atom is 0.407 e. The maximum absolute atomic E-state index is 12.5. The summed E-state index contributed by atoms with van der Waals surface area (Å²) in [7, 11) is 1.37. The molecule has 170 valence electrons. The topological polar surface area (TPSA) is 76.7 Å². The first-order chi connectivity index (χ1) is 15.4. The number of alkyl carbamates (subject to hydrolysis) is 1. The molecule has 0 aromatic heterocycles. The predicted molar refractivity (Wildman–Crippen MR) is 125 cm³/mol. The van der Waals surface area contributed by atoms with Gasteiger partial charge < -0.3 is 20.1 Å². The van der Waals surface area contributed by atoms with Crippen LogP contribution >= 0.6 is 0 Å². The molecule has 2 atom stereocenters. The highest BCUT2D eigenvalue weighted by molar-refractivity contribution is 5.79. The van der Waals surface area contributed by atoms with Gasteiger partial charge in [0.2, 0.25) is 0 Å². The van der Waals surface area contributed by atoms with Crippen molar-refractivity contribution < 1.29 is 19.1 Å². The Bertz CT molecular complexity index is 911. The van der Waals surface area contributed by atoms with Crippen molar-refractivity contribution in [2.45, 2.75) is 38.3 Å². The molecule has 0 heterocycles. The maximum atomic E-state index is 12.5. The molecule has 0 saturated heterocycles. The summed E-state index contributed by atoms with van der Waals surface area (Å²) in [6.07, 6.45) is 1.75. The average molecular weight is 437 g/mol. The van der Waals surface area contributed by atoms with E-state index < -0.39 is 12.1 Å². The number of carbonyl (C=O) groups excluding carboxylic acids is 2. The fraction of sp³-hybridized carbons (Fsp3) is 0.385. The SMILES string of the molecule is C=C[C@@H](CNC(CC(C)C)C(=O)OC)NC(=O)OCC1c2ccccc2-c2ccccc21. The highest BCUT2D eigenvalue weighted by atomic mass is 16.5. The molecule has 0 aliphatic heterocycles. The van der Waals surface area contributed by atoms with Gasteiger partial charge in [-0.25, -0.2) is 4.79 Å². The van der Waals surface area contributed by atoms with E-state index in [4.69, 9.17) is 9.47 Å². The Morgan fingerprint density at radius 3 is 2.19 bits per heavy atom. The molecule has 1 amide bonds. The summed E-state index contributed by atoms with van der Waals surface area (Å²) in [6, 6.07) is 15.6. The number of nitrogens with one attached hydrogen (secondary N) is 2. The number of amides is 1. The summed E-state index contributed by atoms with van der Waals surface area (Å²) in [4.78, 5) is 24.5. The van der Waals surface area contributed by atoms with Gasteiger partial charge in [0.05, 0.1) is 13.2 Å². The largest absolute Gasteiger partial charge is 0.468 e. The first-order valence-electron chi connectivity index (χ1n) is 11.0. The van der Waals surface area contributed by atoms with Crippen molar-refractivity contribution in [2.24, 2.45) is 5.92 Å². The number of ether oxygens (including phenoxy) is 2. The minimum Gasteiger partial charge on any atom is -0.468 e. The summed E-state index contributed by atoms with van der Waals surface area (Å²) in [5.41, 5.74) is 4.70. The van der Waals surface area contributed by atoms with Gasteiger partial charge in [0, 0.05) is 12.5 Å². The number of esters is 1. The van der Waals surface area contributed by atoms with E-state index in [0.717, 1.165) is 11.1 Å². The fourth-order valence-corrected chi connectivity index (χ4v) is 4.13. The van der Waals surface area contributed by atoms with E-state index in [1.165, 1.54) is 18.2 Å². The second-order valence-electron chi connectivity index (χ2n) is 8.43. The molecule has 0 spiro atoms. The van der Waals surface area contributed by atoms with Crippen molar-refractivity contribution in [1.29, 1.82) is 0 Å². The van der Waals surface area contributed by atoms with Crippen LogP contribution in [0.2, 0.25) is 0 Å². The van der Waals surface area contributed by atoms with E-state index in [2.05, 4.69) is 41.5 Å². The van der Waals surface area contributed by atoms with Gasteiger partial charge in [-0.05, 0) is 34.6 Å². The molecule has 6 heteroatoms. The van der Waals surface area contributed by atoms with Crippen molar-refractivity contribution in [1.82, 2.24) is 10.6 Å². The van der Waals surface area contributed by atoms with Crippen LogP contribution in [0.5, 0.6) is 0 Å². The third-order valence-electron chi connectivity index (χ3n) is 5.71. The summed E-state index contributed by atoms with van der Waals surface area (Å²) in [5.74, 6) is 0.00901. The molecule has 2 aromatic rings. The molecule has 6 nitrogen and oxygen atoms in total. The number of benzene rings is 2. The van der Waals surface area contributed by atoms with Crippen molar-refractivity contribution in [3.05, 3.63) is 72.3 Å². The van der Waals surface area contributed by atoms with E-state index in [0.29, 0.717) is 18.9 Å². The summed E-state index contributed by atoms with van der Waals surface area (Å²) in [5, 5.41) is 5.98. The minimum absolute atomic E-state index is 0.00297. The van der Waals surface area contributed by atoms with Gasteiger partial charge in [-0.15, -0.1) is 6.58 Å². The van der Waals surface area contributed by atoms with E-state index in [9.17, 15) is 9.59 Å². The van der Waals surface area contributed by atoms with Gasteiger partial charge in [-0.2, -0.15) is 0 Å². The number of hydrogen-bond acceptors (Lipinski definition) is 5. The lowest BCUT2D eigenvalue weighted by atomic mass is 9.98. The number of hydrogen-bond donors (Lipinski definition) is 2. The van der Waals surface area contributed by atoms with E-state index in [1.54, 1.807) is 6.08 Å². The Labute approximate surface area is 190 Å². The zero-order valence-corrected chi connectivity index (χ0v) is 19.0. The van der Waals surface area contributed by atoms with Gasteiger partial charge in [-0.3, -0.25) is 4.79 Å². The molecule has 0 saturated carbocycles. The first kappa shape index (κ1) is 23.5. The molecule has 32 heavy (non-hydrogen) atoms. The Kier molecular flexibility index (Phi) is 8.06. The number of carbonyl (C=O) groups is 2. The minimum atomic E-state index is -0.517.